The molecule has 0 spiro atoms. The molecule has 0 aliphatic rings. The summed E-state index contributed by atoms with van der Waals surface area (Å²) in [4.78, 5) is 16.4. The van der Waals surface area contributed by atoms with E-state index in [-0.39, 0.29) is 5.78 Å². The number of rotatable bonds is 3. The molecular weight excluding hydrogens is 248 g/mol. The third-order valence-corrected chi connectivity index (χ3v) is 3.28. The highest BCUT2D eigenvalue weighted by Crippen LogP contribution is 2.20. The Morgan fingerprint density at radius 3 is 2.20 bits per heavy atom. The van der Waals surface area contributed by atoms with Crippen LogP contribution in [0.1, 0.15) is 16.2 Å². The van der Waals surface area contributed by atoms with E-state index in [0.717, 1.165) is 11.1 Å². The second kappa shape index (κ2) is 5.13. The van der Waals surface area contributed by atoms with Gasteiger partial charge in [0.05, 0.1) is 0 Å². The van der Waals surface area contributed by atoms with Crippen molar-refractivity contribution in [2.75, 3.05) is 0 Å². The molecule has 1 heterocycles. The number of aromatic nitrogens is 2. The van der Waals surface area contributed by atoms with Crippen molar-refractivity contribution in [2.45, 2.75) is 0 Å². The summed E-state index contributed by atoms with van der Waals surface area (Å²) in [5, 5.41) is 0. The lowest BCUT2D eigenvalue weighted by molar-refractivity contribution is 0.102. The van der Waals surface area contributed by atoms with Crippen LogP contribution in [0, 0.1) is 0 Å². The lowest BCUT2D eigenvalue weighted by Gasteiger charge is -2.04. The smallest absolute Gasteiger partial charge is 0.228 e. The van der Waals surface area contributed by atoms with Crippen LogP contribution < -0.4 is 0 Å². The van der Waals surface area contributed by atoms with Gasteiger partial charge in [-0.15, -0.1) is 0 Å². The molecule has 0 amide bonds. The van der Waals surface area contributed by atoms with Gasteiger partial charge in [-0.1, -0.05) is 54.6 Å². The van der Waals surface area contributed by atoms with Gasteiger partial charge < -0.3 is 4.57 Å². The molecule has 3 aromatic rings. The fourth-order valence-electron chi connectivity index (χ4n) is 2.16. The number of aryl methyl sites for hydroxylation is 1. The van der Waals surface area contributed by atoms with Crippen LogP contribution in [0.25, 0.3) is 11.1 Å². The van der Waals surface area contributed by atoms with Gasteiger partial charge in [0.1, 0.15) is 0 Å². The maximum Gasteiger partial charge on any atom is 0.228 e. The standard InChI is InChI=1S/C17H14N2O/c1-19-12-11-18-17(19)16(20)15-9-7-14(8-10-15)13-5-3-2-4-6-13/h2-12H,1H3. The molecule has 0 fully saturated rings. The van der Waals surface area contributed by atoms with Gasteiger partial charge in [-0.3, -0.25) is 4.79 Å². The minimum Gasteiger partial charge on any atom is -0.331 e. The first-order valence-corrected chi connectivity index (χ1v) is 6.43. The van der Waals surface area contributed by atoms with Gasteiger partial charge in [0.15, 0.2) is 5.82 Å². The van der Waals surface area contributed by atoms with E-state index in [1.54, 1.807) is 17.0 Å². The molecule has 0 saturated carbocycles. The van der Waals surface area contributed by atoms with Gasteiger partial charge in [0, 0.05) is 25.0 Å². The van der Waals surface area contributed by atoms with Crippen LogP contribution in [0.4, 0.5) is 0 Å². The van der Waals surface area contributed by atoms with Crippen molar-refractivity contribution in [2.24, 2.45) is 7.05 Å². The first kappa shape index (κ1) is 12.4. The van der Waals surface area contributed by atoms with Gasteiger partial charge in [-0.25, -0.2) is 4.98 Å². The molecule has 2 aromatic carbocycles. The number of nitrogens with zero attached hydrogens (tertiary/aromatic N) is 2. The van der Waals surface area contributed by atoms with Gasteiger partial charge in [-0.05, 0) is 11.1 Å². The molecule has 3 heteroatoms. The monoisotopic (exact) mass is 262 g/mol. The quantitative estimate of drug-likeness (QED) is 0.679. The highest BCUT2D eigenvalue weighted by atomic mass is 16.1. The van der Waals surface area contributed by atoms with Crippen LogP contribution in [0.2, 0.25) is 0 Å². The van der Waals surface area contributed by atoms with Crippen molar-refractivity contribution in [3.63, 3.8) is 0 Å². The van der Waals surface area contributed by atoms with E-state index in [1.165, 1.54) is 0 Å². The zero-order chi connectivity index (χ0) is 13.9. The molecule has 1 aromatic heterocycles. The van der Waals surface area contributed by atoms with E-state index in [2.05, 4.69) is 17.1 Å². The summed E-state index contributed by atoms with van der Waals surface area (Å²) in [5.74, 6) is 0.398. The maximum absolute atomic E-state index is 12.3. The second-order valence-electron chi connectivity index (χ2n) is 4.63. The number of hydrogen-bond acceptors (Lipinski definition) is 2. The van der Waals surface area contributed by atoms with E-state index in [1.807, 2.05) is 49.5 Å². The average molecular weight is 262 g/mol. The van der Waals surface area contributed by atoms with Gasteiger partial charge in [0.2, 0.25) is 5.78 Å². The predicted molar refractivity (Wildman–Crippen MR) is 78.5 cm³/mol. The first-order valence-electron chi connectivity index (χ1n) is 6.43. The number of benzene rings is 2. The molecule has 3 rings (SSSR count). The third-order valence-electron chi connectivity index (χ3n) is 3.28. The lowest BCUT2D eigenvalue weighted by atomic mass is 10.0. The number of carbonyl (C=O) groups excluding carboxylic acids is 1. The zero-order valence-corrected chi connectivity index (χ0v) is 11.2. The molecular formula is C17H14N2O. The number of carbonyl (C=O) groups is 1. The van der Waals surface area contributed by atoms with Gasteiger partial charge in [0.25, 0.3) is 0 Å². The van der Waals surface area contributed by atoms with Crippen LogP contribution in [0.5, 0.6) is 0 Å². The normalized spacial score (nSPS) is 10.4. The van der Waals surface area contributed by atoms with E-state index in [0.29, 0.717) is 11.4 Å². The summed E-state index contributed by atoms with van der Waals surface area (Å²) in [7, 11) is 1.82. The van der Waals surface area contributed by atoms with Crippen molar-refractivity contribution in [1.82, 2.24) is 9.55 Å². The third kappa shape index (κ3) is 2.26. The molecule has 0 atom stereocenters. The van der Waals surface area contributed by atoms with E-state index >= 15 is 0 Å². The Labute approximate surface area is 117 Å². The molecule has 20 heavy (non-hydrogen) atoms. The van der Waals surface area contributed by atoms with Crippen LogP contribution in [-0.4, -0.2) is 15.3 Å². The molecule has 98 valence electrons. The summed E-state index contributed by atoms with van der Waals surface area (Å²) >= 11 is 0. The number of hydrogen-bond donors (Lipinski definition) is 0. The van der Waals surface area contributed by atoms with E-state index in [4.69, 9.17) is 0 Å². The summed E-state index contributed by atoms with van der Waals surface area (Å²) in [6.07, 6.45) is 3.40. The Hall–Kier alpha value is -2.68. The lowest BCUT2D eigenvalue weighted by Crippen LogP contribution is -2.08. The Morgan fingerprint density at radius 1 is 0.950 bits per heavy atom. The van der Waals surface area contributed by atoms with Crippen molar-refractivity contribution in [3.05, 3.63) is 78.4 Å². The van der Waals surface area contributed by atoms with Crippen LogP contribution in [0.3, 0.4) is 0 Å². The molecule has 0 unspecified atom stereocenters. The van der Waals surface area contributed by atoms with Crippen molar-refractivity contribution in [3.8, 4) is 11.1 Å². The zero-order valence-electron chi connectivity index (χ0n) is 11.2. The molecule has 0 aliphatic heterocycles. The number of imidazole rings is 1. The summed E-state index contributed by atoms with van der Waals surface area (Å²) < 4.78 is 1.73. The summed E-state index contributed by atoms with van der Waals surface area (Å²) in [5.41, 5.74) is 2.89. The first-order chi connectivity index (χ1) is 9.75. The molecule has 0 aliphatic carbocycles. The summed E-state index contributed by atoms with van der Waals surface area (Å²) in [6, 6.07) is 17.7. The Kier molecular flexibility index (Phi) is 3.17. The molecule has 0 bridgehead atoms. The summed E-state index contributed by atoms with van der Waals surface area (Å²) in [6.45, 7) is 0. The van der Waals surface area contributed by atoms with Crippen molar-refractivity contribution in [1.29, 1.82) is 0 Å². The van der Waals surface area contributed by atoms with Crippen LogP contribution >= 0.6 is 0 Å². The minimum absolute atomic E-state index is 0.0582. The molecule has 0 radical (unpaired) electrons. The Balaban J connectivity index is 1.91. The average Bonchev–Trinajstić information content (AvgIpc) is 2.94. The highest BCUT2D eigenvalue weighted by molar-refractivity contribution is 6.06. The maximum atomic E-state index is 12.3. The topological polar surface area (TPSA) is 34.9 Å². The van der Waals surface area contributed by atoms with Gasteiger partial charge >= 0.3 is 0 Å². The van der Waals surface area contributed by atoms with Crippen molar-refractivity contribution >= 4 is 5.78 Å². The fraction of sp³-hybridized carbons (Fsp3) is 0.0588. The van der Waals surface area contributed by atoms with E-state index in [9.17, 15) is 4.79 Å². The second-order valence-corrected chi connectivity index (χ2v) is 4.63. The molecule has 3 nitrogen and oxygen atoms in total. The van der Waals surface area contributed by atoms with E-state index < -0.39 is 0 Å². The predicted octanol–water partition coefficient (Wildman–Crippen LogP) is 3.32. The fourth-order valence-corrected chi connectivity index (χ4v) is 2.16. The highest BCUT2D eigenvalue weighted by Gasteiger charge is 2.13. The molecule has 0 N–H and O–H groups in total. The Bertz CT molecular complexity index is 727. The van der Waals surface area contributed by atoms with Gasteiger partial charge in [-0.2, -0.15) is 0 Å². The van der Waals surface area contributed by atoms with Crippen LogP contribution in [0.15, 0.2) is 67.0 Å². The minimum atomic E-state index is -0.0582. The number of ketones is 1. The van der Waals surface area contributed by atoms with Crippen molar-refractivity contribution < 1.29 is 4.79 Å². The van der Waals surface area contributed by atoms with Crippen LogP contribution in [-0.2, 0) is 7.05 Å². The SMILES string of the molecule is Cn1ccnc1C(=O)c1ccc(-c2ccccc2)cc1. The molecule has 0 saturated heterocycles. The Morgan fingerprint density at radius 2 is 1.60 bits per heavy atom. The largest absolute Gasteiger partial charge is 0.331 e.